The minimum absolute atomic E-state index is 0.00856. The van der Waals surface area contributed by atoms with Gasteiger partial charge in [0.1, 0.15) is 11.6 Å². The smallest absolute Gasteiger partial charge is 0.161 e. The van der Waals surface area contributed by atoms with Gasteiger partial charge < -0.3 is 5.11 Å². The Bertz CT molecular complexity index is 848. The van der Waals surface area contributed by atoms with Crippen LogP contribution < -0.4 is 0 Å². The van der Waals surface area contributed by atoms with Gasteiger partial charge in [0.2, 0.25) is 0 Å². The zero-order valence-electron chi connectivity index (χ0n) is 18.6. The lowest BCUT2D eigenvalue weighted by Gasteiger charge is -2.12. The van der Waals surface area contributed by atoms with E-state index in [1.807, 2.05) is 47.6 Å². The molecule has 1 N–H and O–H groups in total. The lowest BCUT2D eigenvalue weighted by molar-refractivity contribution is -0.122. The first kappa shape index (κ1) is 25.0. The first-order valence-corrected chi connectivity index (χ1v) is 9.80. The van der Waals surface area contributed by atoms with Crippen LogP contribution in [0, 0.1) is 16.6 Å². The van der Waals surface area contributed by atoms with Crippen LogP contribution in [0.15, 0.2) is 60.7 Å². The van der Waals surface area contributed by atoms with E-state index in [0.29, 0.717) is 11.1 Å². The number of phenolic OH excluding ortho intramolecular Hbond substituents is 1. The van der Waals surface area contributed by atoms with Crippen molar-refractivity contribution < 1.29 is 19.1 Å². The monoisotopic (exact) mass is 410 g/mol. The van der Waals surface area contributed by atoms with Crippen molar-refractivity contribution in [2.75, 3.05) is 0 Å². The molecule has 0 aliphatic heterocycles. The van der Waals surface area contributed by atoms with Crippen LogP contribution in [0.25, 0.3) is 12.2 Å². The second-order valence-corrected chi connectivity index (χ2v) is 8.98. The Hall–Kier alpha value is -3.01. The second-order valence-electron chi connectivity index (χ2n) is 8.98. The predicted octanol–water partition coefficient (Wildman–Crippen LogP) is 6.47. The van der Waals surface area contributed by atoms with Gasteiger partial charge in [0.15, 0.2) is 11.6 Å². The topological polar surface area (TPSA) is 54.4 Å². The van der Waals surface area contributed by atoms with E-state index in [-0.39, 0.29) is 28.5 Å². The van der Waals surface area contributed by atoms with E-state index in [0.717, 1.165) is 0 Å². The summed E-state index contributed by atoms with van der Waals surface area (Å²) in [6.07, 6.45) is 6.10. The summed E-state index contributed by atoms with van der Waals surface area (Å²) in [5.41, 5.74) is 0.313. The average molecular weight is 411 g/mol. The molecule has 0 aliphatic rings. The Morgan fingerprint density at radius 3 is 1.57 bits per heavy atom. The Kier molecular flexibility index (Phi) is 8.91. The van der Waals surface area contributed by atoms with E-state index in [9.17, 15) is 19.1 Å². The third kappa shape index (κ3) is 8.56. The molecule has 160 valence electrons. The van der Waals surface area contributed by atoms with Gasteiger partial charge in [-0.1, -0.05) is 77.9 Å². The summed E-state index contributed by atoms with van der Waals surface area (Å²) in [6, 6.07) is 13.3. The molecule has 0 aliphatic carbocycles. The van der Waals surface area contributed by atoms with Crippen molar-refractivity contribution in [1.29, 1.82) is 0 Å². The van der Waals surface area contributed by atoms with Crippen LogP contribution in [0.1, 0.15) is 52.7 Å². The molecule has 0 saturated heterocycles. The van der Waals surface area contributed by atoms with Crippen molar-refractivity contribution in [1.82, 2.24) is 0 Å². The number of ketones is 2. The van der Waals surface area contributed by atoms with Crippen molar-refractivity contribution in [3.8, 4) is 5.75 Å². The van der Waals surface area contributed by atoms with Gasteiger partial charge >= 0.3 is 0 Å². The van der Waals surface area contributed by atoms with E-state index in [4.69, 9.17) is 0 Å². The summed E-state index contributed by atoms with van der Waals surface area (Å²) in [7, 11) is 0. The number of benzene rings is 2. The van der Waals surface area contributed by atoms with Gasteiger partial charge in [-0.05, 0) is 36.4 Å². The molecule has 0 amide bonds. The Labute approximate surface area is 179 Å². The maximum Gasteiger partial charge on any atom is 0.161 e. The molecule has 4 heteroatoms. The predicted molar refractivity (Wildman–Crippen MR) is 121 cm³/mol. The third-order valence-corrected chi connectivity index (χ3v) is 4.15. The van der Waals surface area contributed by atoms with E-state index in [1.165, 1.54) is 24.3 Å². The Balaban J connectivity index is 0.000000300. The number of hydrogen-bond acceptors (Lipinski definition) is 3. The van der Waals surface area contributed by atoms with E-state index in [1.54, 1.807) is 42.5 Å². The van der Waals surface area contributed by atoms with Crippen molar-refractivity contribution >= 4 is 23.7 Å². The molecule has 0 bridgehead atoms. The number of carbonyl (C=O) groups excluding carboxylic acids is 2. The SMILES string of the molecule is CC(C)(C)C(=O)/C=C/c1ccccc1F.CC(C)(C)C(=O)/C=C/c1ccccc1O. The molecular weight excluding hydrogens is 379 g/mol. The van der Waals surface area contributed by atoms with Gasteiger partial charge in [0.25, 0.3) is 0 Å². The molecule has 0 radical (unpaired) electrons. The molecule has 0 fully saturated rings. The molecule has 0 unspecified atom stereocenters. The van der Waals surface area contributed by atoms with Gasteiger partial charge in [-0.3, -0.25) is 9.59 Å². The van der Waals surface area contributed by atoms with Crippen LogP contribution in [0.5, 0.6) is 5.75 Å². The quantitative estimate of drug-likeness (QED) is 0.587. The van der Waals surface area contributed by atoms with E-state index >= 15 is 0 Å². The molecule has 2 aromatic rings. The summed E-state index contributed by atoms with van der Waals surface area (Å²) in [6.45, 7) is 11.1. The minimum atomic E-state index is -0.415. The fourth-order valence-electron chi connectivity index (χ4n) is 2.07. The standard InChI is InChI=1S/C13H15FO.C13H16O2/c2*1-13(2,3)12(15)9-8-10-6-4-5-7-11(10)14/h4-9H,1-3H3;4-9,14H,1-3H3/b2*9-8+. The number of allylic oxidation sites excluding steroid dienone is 2. The molecule has 0 saturated carbocycles. The number of phenols is 1. The Morgan fingerprint density at radius 2 is 1.13 bits per heavy atom. The van der Waals surface area contributed by atoms with Gasteiger partial charge in [-0.2, -0.15) is 0 Å². The highest BCUT2D eigenvalue weighted by Gasteiger charge is 2.18. The minimum Gasteiger partial charge on any atom is -0.507 e. The summed E-state index contributed by atoms with van der Waals surface area (Å²) in [5, 5.41) is 9.46. The van der Waals surface area contributed by atoms with E-state index in [2.05, 4.69) is 0 Å². The average Bonchev–Trinajstić information content (AvgIpc) is 2.65. The van der Waals surface area contributed by atoms with Crippen LogP contribution in [0.3, 0.4) is 0 Å². The molecule has 2 rings (SSSR count). The van der Waals surface area contributed by atoms with E-state index < -0.39 is 5.41 Å². The lowest BCUT2D eigenvalue weighted by Crippen LogP contribution is -2.17. The van der Waals surface area contributed by atoms with Gasteiger partial charge in [0.05, 0.1) is 0 Å². The van der Waals surface area contributed by atoms with Crippen LogP contribution in [-0.2, 0) is 9.59 Å². The molecule has 0 heterocycles. The molecule has 0 spiro atoms. The van der Waals surface area contributed by atoms with Crippen LogP contribution in [0.2, 0.25) is 0 Å². The fraction of sp³-hybridized carbons (Fsp3) is 0.308. The van der Waals surface area contributed by atoms with Crippen molar-refractivity contribution in [3.63, 3.8) is 0 Å². The maximum atomic E-state index is 13.2. The molecule has 2 aromatic carbocycles. The number of hydrogen-bond donors (Lipinski definition) is 1. The summed E-state index contributed by atoms with van der Waals surface area (Å²) in [5.74, 6) is -0.0811. The highest BCUT2D eigenvalue weighted by molar-refractivity contribution is 5.97. The van der Waals surface area contributed by atoms with Gasteiger partial charge in [0, 0.05) is 22.0 Å². The van der Waals surface area contributed by atoms with Crippen LogP contribution in [0.4, 0.5) is 4.39 Å². The highest BCUT2D eigenvalue weighted by atomic mass is 19.1. The van der Waals surface area contributed by atoms with Gasteiger partial charge in [-0.25, -0.2) is 4.39 Å². The number of rotatable bonds is 4. The molecule has 3 nitrogen and oxygen atoms in total. The molecule has 30 heavy (non-hydrogen) atoms. The summed E-state index contributed by atoms with van der Waals surface area (Å²) >= 11 is 0. The second kappa shape index (κ2) is 10.7. The third-order valence-electron chi connectivity index (χ3n) is 4.15. The molecular formula is C26H31FO3. The number of para-hydroxylation sites is 1. The maximum absolute atomic E-state index is 13.2. The Morgan fingerprint density at radius 1 is 0.733 bits per heavy atom. The van der Waals surface area contributed by atoms with Crippen molar-refractivity contribution in [2.24, 2.45) is 10.8 Å². The normalized spacial score (nSPS) is 12.0. The van der Waals surface area contributed by atoms with Crippen LogP contribution in [-0.4, -0.2) is 16.7 Å². The van der Waals surface area contributed by atoms with Gasteiger partial charge in [-0.15, -0.1) is 0 Å². The molecule has 0 atom stereocenters. The van der Waals surface area contributed by atoms with Crippen LogP contribution >= 0.6 is 0 Å². The van der Waals surface area contributed by atoms with Crippen molar-refractivity contribution in [3.05, 3.63) is 77.6 Å². The first-order valence-electron chi connectivity index (χ1n) is 9.80. The summed E-state index contributed by atoms with van der Waals surface area (Å²) < 4.78 is 13.2. The largest absolute Gasteiger partial charge is 0.507 e. The highest BCUT2D eigenvalue weighted by Crippen LogP contribution is 2.20. The number of aromatic hydroxyl groups is 1. The molecule has 0 aromatic heterocycles. The number of carbonyl (C=O) groups is 2. The summed E-state index contributed by atoms with van der Waals surface area (Å²) in [4.78, 5) is 23.1. The zero-order chi connectivity index (χ0) is 22.9. The number of halogens is 1. The lowest BCUT2D eigenvalue weighted by atomic mass is 9.90. The zero-order valence-corrected chi connectivity index (χ0v) is 18.6. The first-order chi connectivity index (χ1) is 13.8. The fourth-order valence-corrected chi connectivity index (χ4v) is 2.07. The van der Waals surface area contributed by atoms with Crippen molar-refractivity contribution in [2.45, 2.75) is 41.5 Å².